The van der Waals surface area contributed by atoms with Crippen molar-refractivity contribution in [1.29, 1.82) is 5.26 Å². The minimum Gasteiger partial charge on any atom is -0.198 e. The summed E-state index contributed by atoms with van der Waals surface area (Å²) in [5.74, 6) is 0.394. The second-order valence-electron chi connectivity index (χ2n) is 3.73. The van der Waals surface area contributed by atoms with E-state index in [1.54, 1.807) is 0 Å². The first kappa shape index (κ1) is 7.61. The molecule has 0 saturated carbocycles. The Kier molecular flexibility index (Phi) is 1.77. The molecule has 0 N–H and O–H groups in total. The van der Waals surface area contributed by atoms with Crippen molar-refractivity contribution in [3.05, 3.63) is 24.3 Å². The molecular weight excluding hydrogens is 146 g/mol. The Morgan fingerprint density at radius 2 is 1.75 bits per heavy atom. The highest BCUT2D eigenvalue weighted by Gasteiger charge is 2.38. The molecule has 0 radical (unpaired) electrons. The summed E-state index contributed by atoms with van der Waals surface area (Å²) in [6, 6.07) is 2.52. The van der Waals surface area contributed by atoms with Crippen LogP contribution in [0.2, 0.25) is 0 Å². The van der Waals surface area contributed by atoms with Crippen LogP contribution in [0.5, 0.6) is 0 Å². The molecule has 2 aliphatic carbocycles. The quantitative estimate of drug-likeness (QED) is 0.498. The number of fused-ring (bicyclic) bond motifs is 1. The van der Waals surface area contributed by atoms with Crippen molar-refractivity contribution >= 4 is 0 Å². The Labute approximate surface area is 73.4 Å². The third-order valence-electron chi connectivity index (χ3n) is 3.06. The van der Waals surface area contributed by atoms with E-state index in [2.05, 4.69) is 30.4 Å². The predicted octanol–water partition coefficient (Wildman–Crippen LogP) is 2.81. The third kappa shape index (κ3) is 0.992. The fourth-order valence-corrected chi connectivity index (χ4v) is 2.24. The molecule has 0 atom stereocenters. The lowest BCUT2D eigenvalue weighted by Crippen LogP contribution is -2.30. The largest absolute Gasteiger partial charge is 0.198 e. The highest BCUT2D eigenvalue weighted by atomic mass is 14.4. The number of allylic oxidation sites excluding steroid dienone is 4. The SMILES string of the molecule is N#CC12CCC=CC1C=CCC2. The van der Waals surface area contributed by atoms with Gasteiger partial charge in [0.2, 0.25) is 0 Å². The van der Waals surface area contributed by atoms with Crippen LogP contribution in [0.15, 0.2) is 24.3 Å². The Bertz CT molecular complexity index is 249. The number of hydrogen-bond donors (Lipinski definition) is 0. The number of nitrogens with zero attached hydrogens (tertiary/aromatic N) is 1. The van der Waals surface area contributed by atoms with Gasteiger partial charge in [-0.15, -0.1) is 0 Å². The molecule has 2 aliphatic rings. The van der Waals surface area contributed by atoms with Crippen LogP contribution in [-0.4, -0.2) is 0 Å². The molecule has 1 nitrogen and oxygen atoms in total. The minimum atomic E-state index is -0.0521. The van der Waals surface area contributed by atoms with Gasteiger partial charge in [-0.2, -0.15) is 5.26 Å². The Balaban J connectivity index is 2.35. The molecule has 0 aromatic heterocycles. The number of nitriles is 1. The van der Waals surface area contributed by atoms with Crippen LogP contribution < -0.4 is 0 Å². The van der Waals surface area contributed by atoms with Gasteiger partial charge in [0.15, 0.2) is 0 Å². The van der Waals surface area contributed by atoms with Gasteiger partial charge in [-0.25, -0.2) is 0 Å². The number of rotatable bonds is 0. The normalized spacial score (nSPS) is 38.8. The topological polar surface area (TPSA) is 23.8 Å². The zero-order chi connectivity index (χ0) is 8.44. The van der Waals surface area contributed by atoms with Gasteiger partial charge in [0.25, 0.3) is 0 Å². The van der Waals surface area contributed by atoms with E-state index in [-0.39, 0.29) is 5.41 Å². The summed E-state index contributed by atoms with van der Waals surface area (Å²) >= 11 is 0. The van der Waals surface area contributed by atoms with Gasteiger partial charge in [0, 0.05) is 5.92 Å². The van der Waals surface area contributed by atoms with Gasteiger partial charge in [-0.05, 0) is 25.7 Å². The van der Waals surface area contributed by atoms with Crippen molar-refractivity contribution in [1.82, 2.24) is 0 Å². The molecule has 12 heavy (non-hydrogen) atoms. The molecule has 0 saturated heterocycles. The fourth-order valence-electron chi connectivity index (χ4n) is 2.24. The molecule has 0 unspecified atom stereocenters. The second-order valence-corrected chi connectivity index (χ2v) is 3.73. The van der Waals surface area contributed by atoms with Gasteiger partial charge in [-0.1, -0.05) is 24.3 Å². The predicted molar refractivity (Wildman–Crippen MR) is 48.3 cm³/mol. The van der Waals surface area contributed by atoms with E-state index in [4.69, 9.17) is 5.26 Å². The fraction of sp³-hybridized carbons (Fsp3) is 0.545. The second kappa shape index (κ2) is 2.79. The Morgan fingerprint density at radius 3 is 2.17 bits per heavy atom. The Morgan fingerprint density at radius 1 is 1.17 bits per heavy atom. The summed E-state index contributed by atoms with van der Waals surface area (Å²) in [6.45, 7) is 0. The monoisotopic (exact) mass is 159 g/mol. The van der Waals surface area contributed by atoms with Crippen LogP contribution in [-0.2, 0) is 0 Å². The van der Waals surface area contributed by atoms with E-state index in [9.17, 15) is 0 Å². The molecule has 0 aliphatic heterocycles. The highest BCUT2D eigenvalue weighted by molar-refractivity contribution is 5.21. The maximum atomic E-state index is 9.16. The van der Waals surface area contributed by atoms with Crippen molar-refractivity contribution in [3.63, 3.8) is 0 Å². The van der Waals surface area contributed by atoms with Crippen molar-refractivity contribution in [2.24, 2.45) is 11.3 Å². The molecule has 0 aromatic rings. The van der Waals surface area contributed by atoms with Crippen LogP contribution in [0, 0.1) is 22.7 Å². The van der Waals surface area contributed by atoms with Crippen LogP contribution in [0.25, 0.3) is 0 Å². The lowest BCUT2D eigenvalue weighted by Gasteiger charge is -2.36. The van der Waals surface area contributed by atoms with Crippen LogP contribution in [0.4, 0.5) is 0 Å². The van der Waals surface area contributed by atoms with Crippen LogP contribution in [0.3, 0.4) is 0 Å². The maximum absolute atomic E-state index is 9.16. The average molecular weight is 159 g/mol. The first-order chi connectivity index (χ1) is 5.87. The van der Waals surface area contributed by atoms with Crippen LogP contribution in [0.1, 0.15) is 25.7 Å². The summed E-state index contributed by atoms with van der Waals surface area (Å²) in [7, 11) is 0. The first-order valence-corrected chi connectivity index (χ1v) is 4.62. The van der Waals surface area contributed by atoms with E-state index in [1.807, 2.05) is 0 Å². The third-order valence-corrected chi connectivity index (χ3v) is 3.06. The first-order valence-electron chi connectivity index (χ1n) is 4.62. The van der Waals surface area contributed by atoms with E-state index < -0.39 is 0 Å². The summed E-state index contributed by atoms with van der Waals surface area (Å²) in [5, 5.41) is 9.16. The summed E-state index contributed by atoms with van der Waals surface area (Å²) in [6.07, 6.45) is 13.1. The standard InChI is InChI=1S/C11H13N/c12-9-11-7-3-1-5-10(11)6-2-4-8-11/h1-2,5-6,10H,3-4,7-8H2. The van der Waals surface area contributed by atoms with Gasteiger partial charge in [0.05, 0.1) is 11.5 Å². The molecule has 2 rings (SSSR count). The van der Waals surface area contributed by atoms with Crippen molar-refractivity contribution < 1.29 is 0 Å². The van der Waals surface area contributed by atoms with Crippen molar-refractivity contribution in [2.75, 3.05) is 0 Å². The van der Waals surface area contributed by atoms with E-state index in [0.29, 0.717) is 5.92 Å². The molecular formula is C11H13N. The van der Waals surface area contributed by atoms with Gasteiger partial charge >= 0.3 is 0 Å². The molecule has 1 heteroatoms. The van der Waals surface area contributed by atoms with E-state index >= 15 is 0 Å². The molecule has 62 valence electrons. The smallest absolute Gasteiger partial charge is 0.0699 e. The summed E-state index contributed by atoms with van der Waals surface area (Å²) < 4.78 is 0. The molecule has 0 spiro atoms. The average Bonchev–Trinajstić information content (AvgIpc) is 2.18. The number of hydrogen-bond acceptors (Lipinski definition) is 1. The molecule has 0 aromatic carbocycles. The molecule has 0 fully saturated rings. The zero-order valence-corrected chi connectivity index (χ0v) is 7.16. The molecule has 0 heterocycles. The summed E-state index contributed by atoms with van der Waals surface area (Å²) in [5.41, 5.74) is -0.0521. The minimum absolute atomic E-state index is 0.0521. The van der Waals surface area contributed by atoms with Gasteiger partial charge in [-0.3, -0.25) is 0 Å². The maximum Gasteiger partial charge on any atom is 0.0699 e. The lowest BCUT2D eigenvalue weighted by molar-refractivity contribution is 0.263. The van der Waals surface area contributed by atoms with Gasteiger partial charge < -0.3 is 0 Å². The molecule has 0 bridgehead atoms. The van der Waals surface area contributed by atoms with Crippen LogP contribution >= 0.6 is 0 Å². The lowest BCUT2D eigenvalue weighted by atomic mass is 9.65. The van der Waals surface area contributed by atoms with Gasteiger partial charge in [0.1, 0.15) is 0 Å². The van der Waals surface area contributed by atoms with E-state index in [1.165, 1.54) is 0 Å². The zero-order valence-electron chi connectivity index (χ0n) is 7.16. The summed E-state index contributed by atoms with van der Waals surface area (Å²) in [4.78, 5) is 0. The molecule has 0 amide bonds. The van der Waals surface area contributed by atoms with Crippen molar-refractivity contribution in [3.8, 4) is 6.07 Å². The highest BCUT2D eigenvalue weighted by Crippen LogP contribution is 2.44. The van der Waals surface area contributed by atoms with Crippen molar-refractivity contribution in [2.45, 2.75) is 25.7 Å². The van der Waals surface area contributed by atoms with E-state index in [0.717, 1.165) is 25.7 Å². The Hall–Kier alpha value is -1.03.